The number of aromatic nitrogens is 2. The fraction of sp³-hybridized carbons (Fsp3) is 0.545. The van der Waals surface area contributed by atoms with Crippen LogP contribution in [0.15, 0.2) is 24.3 Å². The number of aryl methyl sites for hydroxylation is 2. The topological polar surface area (TPSA) is 62.3 Å². The molecule has 6 nitrogen and oxygen atoms in total. The molecule has 0 aliphatic carbocycles. The van der Waals surface area contributed by atoms with Crippen molar-refractivity contribution in [2.24, 2.45) is 0 Å². The molecule has 30 heavy (non-hydrogen) atoms. The molecule has 0 saturated carbocycles. The lowest BCUT2D eigenvalue weighted by Gasteiger charge is -2.33. The third-order valence-electron chi connectivity index (χ3n) is 5.37. The predicted octanol–water partition coefficient (Wildman–Crippen LogP) is 4.91. The lowest BCUT2D eigenvalue weighted by Crippen LogP contribution is -2.44. The summed E-state index contributed by atoms with van der Waals surface area (Å²) in [7, 11) is 3.74. The van der Waals surface area contributed by atoms with Crippen LogP contribution < -0.4 is 20.3 Å². The van der Waals surface area contributed by atoms with Crippen LogP contribution in [0, 0.1) is 6.92 Å². The Labute approximate surface area is 193 Å². The number of anilines is 3. The highest BCUT2D eigenvalue weighted by molar-refractivity contribution is 5.85. The first-order chi connectivity index (χ1) is 13.6. The summed E-state index contributed by atoms with van der Waals surface area (Å²) >= 11 is 0. The van der Waals surface area contributed by atoms with E-state index >= 15 is 0 Å². The van der Waals surface area contributed by atoms with Crippen molar-refractivity contribution in [3.8, 4) is 5.75 Å². The molecule has 1 aliphatic heterocycles. The van der Waals surface area contributed by atoms with E-state index in [0.717, 1.165) is 60.9 Å². The summed E-state index contributed by atoms with van der Waals surface area (Å²) in [6, 6.07) is 8.76. The molecule has 3 rings (SSSR count). The van der Waals surface area contributed by atoms with Gasteiger partial charge >= 0.3 is 0 Å². The number of piperidine rings is 1. The quantitative estimate of drug-likeness (QED) is 0.589. The second kappa shape index (κ2) is 12.8. The van der Waals surface area contributed by atoms with Crippen molar-refractivity contribution in [1.82, 2.24) is 15.3 Å². The summed E-state index contributed by atoms with van der Waals surface area (Å²) < 4.78 is 5.45. The van der Waals surface area contributed by atoms with Crippen LogP contribution in [0.2, 0.25) is 0 Å². The number of methoxy groups -OCH3 is 1. The van der Waals surface area contributed by atoms with E-state index in [2.05, 4.69) is 28.5 Å². The number of benzene rings is 1. The number of nitrogens with zero attached hydrogens (tertiary/aromatic N) is 3. The zero-order valence-corrected chi connectivity index (χ0v) is 20.0. The van der Waals surface area contributed by atoms with Crippen LogP contribution in [0.4, 0.5) is 17.5 Å². The summed E-state index contributed by atoms with van der Waals surface area (Å²) in [5.74, 6) is 2.53. The van der Waals surface area contributed by atoms with Gasteiger partial charge in [0.15, 0.2) is 0 Å². The number of nitrogens with one attached hydrogen (secondary N) is 2. The van der Waals surface area contributed by atoms with Crippen molar-refractivity contribution in [3.05, 3.63) is 35.5 Å². The summed E-state index contributed by atoms with van der Waals surface area (Å²) in [4.78, 5) is 12.0. The van der Waals surface area contributed by atoms with Crippen LogP contribution in [0.3, 0.4) is 0 Å². The fourth-order valence-electron chi connectivity index (χ4n) is 3.63. The third-order valence-corrected chi connectivity index (χ3v) is 5.37. The van der Waals surface area contributed by atoms with Crippen molar-refractivity contribution in [1.29, 1.82) is 0 Å². The van der Waals surface area contributed by atoms with Gasteiger partial charge in [0.25, 0.3) is 0 Å². The Morgan fingerprint density at radius 1 is 1.20 bits per heavy atom. The Kier molecular flexibility index (Phi) is 11.2. The number of hydrogen-bond donors (Lipinski definition) is 2. The lowest BCUT2D eigenvalue weighted by molar-refractivity contribution is 0.412. The maximum Gasteiger partial charge on any atom is 0.229 e. The normalized spacial score (nSPS) is 15.7. The van der Waals surface area contributed by atoms with Crippen LogP contribution in [-0.4, -0.2) is 43.3 Å². The molecule has 0 spiro atoms. The number of ether oxygens (including phenoxy) is 1. The first kappa shape index (κ1) is 26.3. The standard InChI is InChI=1S/C22H33N5O.2ClH/c1-5-6-8-17-14-21(27-12-7-9-19(15-27)23-3)26-22(24-17)25-18-11-10-16(2)20(13-18)28-4;;/h10-11,13-14,19,23H,5-9,12,15H2,1-4H3,(H,24,25,26);2*1H/t19-;;/m1../s1. The number of unbranched alkanes of at least 4 members (excludes halogenated alkanes) is 1. The summed E-state index contributed by atoms with van der Waals surface area (Å²) in [5.41, 5.74) is 3.14. The number of rotatable bonds is 8. The Morgan fingerprint density at radius 3 is 2.70 bits per heavy atom. The maximum atomic E-state index is 5.45. The molecule has 1 aromatic carbocycles. The van der Waals surface area contributed by atoms with Crippen LogP contribution in [0.5, 0.6) is 5.75 Å². The molecule has 0 unspecified atom stereocenters. The maximum absolute atomic E-state index is 5.45. The van der Waals surface area contributed by atoms with Gasteiger partial charge < -0.3 is 20.3 Å². The van der Waals surface area contributed by atoms with Crippen LogP contribution in [0.25, 0.3) is 0 Å². The number of likely N-dealkylation sites (N-methyl/N-ethyl adjacent to an activating group) is 1. The molecule has 8 heteroatoms. The molecule has 168 valence electrons. The van der Waals surface area contributed by atoms with Crippen molar-refractivity contribution < 1.29 is 4.74 Å². The third kappa shape index (κ3) is 6.89. The van der Waals surface area contributed by atoms with Gasteiger partial charge in [0.2, 0.25) is 5.95 Å². The summed E-state index contributed by atoms with van der Waals surface area (Å²) in [5, 5.41) is 6.79. The smallest absolute Gasteiger partial charge is 0.229 e. The number of hydrogen-bond acceptors (Lipinski definition) is 6. The SMILES string of the molecule is CCCCc1cc(N2CCC[C@@H](NC)C2)nc(Nc2ccc(C)c(OC)c2)n1.Cl.Cl. The van der Waals surface area contributed by atoms with Crippen molar-refractivity contribution in [3.63, 3.8) is 0 Å². The average Bonchev–Trinajstić information content (AvgIpc) is 2.73. The van der Waals surface area contributed by atoms with E-state index in [1.807, 2.05) is 32.2 Å². The van der Waals surface area contributed by atoms with E-state index in [1.54, 1.807) is 7.11 Å². The summed E-state index contributed by atoms with van der Waals surface area (Å²) in [6.07, 6.45) is 5.66. The molecule has 1 saturated heterocycles. The first-order valence-electron chi connectivity index (χ1n) is 10.3. The Morgan fingerprint density at radius 2 is 2.00 bits per heavy atom. The largest absolute Gasteiger partial charge is 0.496 e. The van der Waals surface area contributed by atoms with Gasteiger partial charge in [0, 0.05) is 42.6 Å². The van der Waals surface area contributed by atoms with Crippen LogP contribution in [-0.2, 0) is 6.42 Å². The summed E-state index contributed by atoms with van der Waals surface area (Å²) in [6.45, 7) is 6.28. The zero-order chi connectivity index (χ0) is 19.9. The Hall–Kier alpha value is -1.76. The molecule has 1 aliphatic rings. The van der Waals surface area contributed by atoms with E-state index < -0.39 is 0 Å². The fourth-order valence-corrected chi connectivity index (χ4v) is 3.63. The monoisotopic (exact) mass is 455 g/mol. The van der Waals surface area contributed by atoms with E-state index in [9.17, 15) is 0 Å². The predicted molar refractivity (Wildman–Crippen MR) is 130 cm³/mol. The van der Waals surface area contributed by atoms with E-state index in [-0.39, 0.29) is 24.8 Å². The van der Waals surface area contributed by atoms with Gasteiger partial charge in [-0.25, -0.2) is 4.98 Å². The zero-order valence-electron chi connectivity index (χ0n) is 18.4. The second-order valence-electron chi connectivity index (χ2n) is 7.53. The van der Waals surface area contributed by atoms with Gasteiger partial charge in [-0.1, -0.05) is 19.4 Å². The molecule has 2 heterocycles. The van der Waals surface area contributed by atoms with Crippen molar-refractivity contribution in [2.75, 3.05) is 37.5 Å². The van der Waals surface area contributed by atoms with Gasteiger partial charge in [0.1, 0.15) is 11.6 Å². The second-order valence-corrected chi connectivity index (χ2v) is 7.53. The van der Waals surface area contributed by atoms with E-state index in [1.165, 1.54) is 12.8 Å². The highest BCUT2D eigenvalue weighted by atomic mass is 35.5. The van der Waals surface area contributed by atoms with Gasteiger partial charge in [-0.2, -0.15) is 4.98 Å². The molecule has 1 aromatic heterocycles. The van der Waals surface area contributed by atoms with Crippen molar-refractivity contribution in [2.45, 2.75) is 52.0 Å². The van der Waals surface area contributed by atoms with Gasteiger partial charge in [0.05, 0.1) is 7.11 Å². The lowest BCUT2D eigenvalue weighted by atomic mass is 10.1. The van der Waals surface area contributed by atoms with Gasteiger partial charge in [-0.05, 0) is 51.3 Å². The molecule has 1 fully saturated rings. The first-order valence-corrected chi connectivity index (χ1v) is 10.3. The number of halogens is 2. The molecule has 0 radical (unpaired) electrons. The minimum absolute atomic E-state index is 0. The molecule has 2 aromatic rings. The van der Waals surface area contributed by atoms with Gasteiger partial charge in [-0.15, -0.1) is 24.8 Å². The van der Waals surface area contributed by atoms with Crippen LogP contribution in [0.1, 0.15) is 43.9 Å². The molecule has 0 amide bonds. The van der Waals surface area contributed by atoms with Crippen molar-refractivity contribution >= 4 is 42.3 Å². The minimum Gasteiger partial charge on any atom is -0.496 e. The highest BCUT2D eigenvalue weighted by Gasteiger charge is 2.20. The molecule has 0 bridgehead atoms. The van der Waals surface area contributed by atoms with Gasteiger partial charge in [-0.3, -0.25) is 0 Å². The highest BCUT2D eigenvalue weighted by Crippen LogP contribution is 2.26. The average molecular weight is 456 g/mol. The van der Waals surface area contributed by atoms with E-state index in [0.29, 0.717) is 12.0 Å². The Balaban J connectivity index is 0.00000225. The molecule has 1 atom stereocenters. The van der Waals surface area contributed by atoms with Crippen LogP contribution >= 0.6 is 24.8 Å². The minimum atomic E-state index is 0. The molecular formula is C22H35Cl2N5O. The van der Waals surface area contributed by atoms with E-state index in [4.69, 9.17) is 14.7 Å². The Bertz CT molecular complexity index is 790. The molecule has 2 N–H and O–H groups in total. The molecular weight excluding hydrogens is 421 g/mol.